The van der Waals surface area contributed by atoms with Gasteiger partial charge in [-0.15, -0.1) is 0 Å². The van der Waals surface area contributed by atoms with Gasteiger partial charge in [-0.1, -0.05) is 12.1 Å². The fourth-order valence-electron chi connectivity index (χ4n) is 2.07. The molecule has 21 heavy (non-hydrogen) atoms. The summed E-state index contributed by atoms with van der Waals surface area (Å²) < 4.78 is 13.7. The highest BCUT2D eigenvalue weighted by Gasteiger charge is 2.24. The molecule has 1 heterocycles. The van der Waals surface area contributed by atoms with Gasteiger partial charge in [-0.25, -0.2) is 14.4 Å². The van der Waals surface area contributed by atoms with E-state index in [-0.39, 0.29) is 17.1 Å². The molecule has 0 amide bonds. The molecule has 0 bridgehead atoms. The summed E-state index contributed by atoms with van der Waals surface area (Å²) in [6, 6.07) is 4.43. The Labute approximate surface area is 121 Å². The highest BCUT2D eigenvalue weighted by atomic mass is 19.1. The fraction of sp³-hybridized carbons (Fsp3) is 0.286. The Kier molecular flexibility index (Phi) is 4.11. The van der Waals surface area contributed by atoms with Crippen molar-refractivity contribution >= 4 is 11.6 Å². The Bertz CT molecular complexity index is 704. The van der Waals surface area contributed by atoms with Crippen LogP contribution in [-0.2, 0) is 0 Å². The Morgan fingerprint density at radius 1 is 1.33 bits per heavy atom. The van der Waals surface area contributed by atoms with Gasteiger partial charge in [0.05, 0.1) is 4.92 Å². The molecule has 0 aliphatic carbocycles. The lowest BCUT2D eigenvalue weighted by Gasteiger charge is -2.10. The van der Waals surface area contributed by atoms with Gasteiger partial charge in [0.25, 0.3) is 0 Å². The zero-order valence-electron chi connectivity index (χ0n) is 12.0. The van der Waals surface area contributed by atoms with Crippen molar-refractivity contribution in [3.05, 3.63) is 45.4 Å². The molecule has 0 aliphatic rings. The summed E-state index contributed by atoms with van der Waals surface area (Å²) in [4.78, 5) is 19.0. The lowest BCUT2D eigenvalue weighted by Crippen LogP contribution is -2.08. The van der Waals surface area contributed by atoms with Crippen LogP contribution in [0.5, 0.6) is 0 Å². The molecule has 2 aromatic rings. The van der Waals surface area contributed by atoms with Crippen LogP contribution in [0, 0.1) is 29.8 Å². The van der Waals surface area contributed by atoms with Crippen molar-refractivity contribution in [2.75, 3.05) is 11.9 Å². The molecule has 2 rings (SSSR count). The Morgan fingerprint density at radius 3 is 2.67 bits per heavy atom. The number of benzene rings is 1. The van der Waals surface area contributed by atoms with Gasteiger partial charge in [-0.2, -0.15) is 0 Å². The number of hydrogen-bond donors (Lipinski definition) is 1. The number of anilines is 1. The Morgan fingerprint density at radius 2 is 2.05 bits per heavy atom. The molecule has 1 aromatic heterocycles. The number of aryl methyl sites for hydroxylation is 1. The monoisotopic (exact) mass is 290 g/mol. The number of halogens is 1. The summed E-state index contributed by atoms with van der Waals surface area (Å²) >= 11 is 0. The maximum Gasteiger partial charge on any atom is 0.316 e. The Balaban J connectivity index is 2.75. The van der Waals surface area contributed by atoms with E-state index in [1.807, 2.05) is 6.92 Å². The second-order valence-corrected chi connectivity index (χ2v) is 4.53. The van der Waals surface area contributed by atoms with Gasteiger partial charge in [0, 0.05) is 12.1 Å². The van der Waals surface area contributed by atoms with Crippen molar-refractivity contribution in [2.45, 2.75) is 20.8 Å². The maximum atomic E-state index is 13.7. The normalized spacial score (nSPS) is 10.5. The van der Waals surface area contributed by atoms with Gasteiger partial charge in [0.1, 0.15) is 11.5 Å². The van der Waals surface area contributed by atoms with Crippen LogP contribution in [0.15, 0.2) is 18.2 Å². The molecule has 0 radical (unpaired) electrons. The van der Waals surface area contributed by atoms with Gasteiger partial charge in [-0.3, -0.25) is 10.1 Å². The second kappa shape index (κ2) is 5.82. The third-order valence-corrected chi connectivity index (χ3v) is 3.10. The molecule has 0 saturated carbocycles. The minimum Gasteiger partial charge on any atom is -0.354 e. The van der Waals surface area contributed by atoms with Crippen molar-refractivity contribution in [1.29, 1.82) is 0 Å². The lowest BCUT2D eigenvalue weighted by molar-refractivity contribution is -0.385. The first kappa shape index (κ1) is 14.8. The largest absolute Gasteiger partial charge is 0.354 e. The number of aromatic nitrogens is 2. The predicted molar refractivity (Wildman–Crippen MR) is 77.7 cm³/mol. The molecular weight excluding hydrogens is 275 g/mol. The number of nitro groups is 1. The molecule has 110 valence electrons. The van der Waals surface area contributed by atoms with Crippen LogP contribution >= 0.6 is 0 Å². The number of nitrogens with one attached hydrogen (secondary N) is 1. The SMILES string of the molecule is CCNc1nc(C)c([N+](=O)[O-])c(-c2cccc(F)c2C)n1. The first-order valence-electron chi connectivity index (χ1n) is 6.48. The minimum atomic E-state index is -0.537. The van der Waals surface area contributed by atoms with E-state index < -0.39 is 10.7 Å². The van der Waals surface area contributed by atoms with Crippen molar-refractivity contribution in [1.82, 2.24) is 9.97 Å². The quantitative estimate of drug-likeness (QED) is 0.690. The van der Waals surface area contributed by atoms with Crippen molar-refractivity contribution < 1.29 is 9.31 Å². The number of hydrogen-bond acceptors (Lipinski definition) is 5. The molecule has 0 fully saturated rings. The van der Waals surface area contributed by atoms with Crippen LogP contribution in [0.1, 0.15) is 18.2 Å². The van der Waals surface area contributed by atoms with Crippen molar-refractivity contribution in [3.8, 4) is 11.3 Å². The van der Waals surface area contributed by atoms with Crippen molar-refractivity contribution in [2.24, 2.45) is 0 Å². The Hall–Kier alpha value is -2.57. The first-order valence-corrected chi connectivity index (χ1v) is 6.48. The van der Waals surface area contributed by atoms with Gasteiger partial charge in [-0.05, 0) is 32.4 Å². The maximum absolute atomic E-state index is 13.7. The van der Waals surface area contributed by atoms with Gasteiger partial charge < -0.3 is 5.32 Å². The van der Waals surface area contributed by atoms with E-state index in [1.165, 1.54) is 12.1 Å². The average molecular weight is 290 g/mol. The predicted octanol–water partition coefficient (Wildman–Crippen LogP) is 3.24. The molecule has 0 saturated heterocycles. The van der Waals surface area contributed by atoms with E-state index in [2.05, 4.69) is 15.3 Å². The lowest BCUT2D eigenvalue weighted by atomic mass is 10.0. The third kappa shape index (κ3) is 2.81. The van der Waals surface area contributed by atoms with Crippen LogP contribution in [0.25, 0.3) is 11.3 Å². The summed E-state index contributed by atoms with van der Waals surface area (Å²) in [7, 11) is 0. The van der Waals surface area contributed by atoms with E-state index in [0.717, 1.165) is 0 Å². The molecule has 0 aliphatic heterocycles. The van der Waals surface area contributed by atoms with E-state index in [1.54, 1.807) is 19.9 Å². The topological polar surface area (TPSA) is 81.0 Å². The molecule has 0 spiro atoms. The number of rotatable bonds is 4. The molecule has 7 heteroatoms. The molecule has 6 nitrogen and oxygen atoms in total. The van der Waals surface area contributed by atoms with E-state index >= 15 is 0 Å². The standard InChI is InChI=1S/C14H15FN4O2/c1-4-16-14-17-9(3)13(19(20)21)12(18-14)10-6-5-7-11(15)8(10)2/h5-7H,4H2,1-3H3,(H,16,17,18). The first-order chi connectivity index (χ1) is 9.95. The number of nitrogens with zero attached hydrogens (tertiary/aromatic N) is 3. The van der Waals surface area contributed by atoms with Crippen LogP contribution in [0.2, 0.25) is 0 Å². The minimum absolute atomic E-state index is 0.125. The van der Waals surface area contributed by atoms with Gasteiger partial charge in [0.15, 0.2) is 5.69 Å². The highest BCUT2D eigenvalue weighted by Crippen LogP contribution is 2.33. The van der Waals surface area contributed by atoms with Crippen LogP contribution < -0.4 is 5.32 Å². The summed E-state index contributed by atoms with van der Waals surface area (Å²) in [6.45, 7) is 5.56. The van der Waals surface area contributed by atoms with Crippen LogP contribution in [0.4, 0.5) is 16.0 Å². The van der Waals surface area contributed by atoms with Crippen LogP contribution in [0.3, 0.4) is 0 Å². The van der Waals surface area contributed by atoms with E-state index in [0.29, 0.717) is 23.6 Å². The summed E-state index contributed by atoms with van der Waals surface area (Å²) in [5.74, 6) is -0.137. The van der Waals surface area contributed by atoms with Crippen molar-refractivity contribution in [3.63, 3.8) is 0 Å². The zero-order chi connectivity index (χ0) is 15.6. The summed E-state index contributed by atoms with van der Waals surface area (Å²) in [5.41, 5.74) is 0.878. The van der Waals surface area contributed by atoms with Crippen LogP contribution in [-0.4, -0.2) is 21.4 Å². The molecule has 0 unspecified atom stereocenters. The molecule has 1 N–H and O–H groups in total. The molecule has 0 atom stereocenters. The highest BCUT2D eigenvalue weighted by molar-refractivity contribution is 5.74. The molecule has 1 aromatic carbocycles. The van der Waals surface area contributed by atoms with E-state index in [4.69, 9.17) is 0 Å². The average Bonchev–Trinajstić information content (AvgIpc) is 2.41. The zero-order valence-corrected chi connectivity index (χ0v) is 12.0. The third-order valence-electron chi connectivity index (χ3n) is 3.10. The van der Waals surface area contributed by atoms with Gasteiger partial charge in [0.2, 0.25) is 5.95 Å². The smallest absolute Gasteiger partial charge is 0.316 e. The second-order valence-electron chi connectivity index (χ2n) is 4.53. The van der Waals surface area contributed by atoms with E-state index in [9.17, 15) is 14.5 Å². The summed E-state index contributed by atoms with van der Waals surface area (Å²) in [6.07, 6.45) is 0. The molecular formula is C14H15FN4O2. The fourth-order valence-corrected chi connectivity index (χ4v) is 2.07. The van der Waals surface area contributed by atoms with Gasteiger partial charge >= 0.3 is 5.69 Å². The summed E-state index contributed by atoms with van der Waals surface area (Å²) in [5, 5.41) is 14.2.